The standard InChI is InChI=1S/C13H19FN2O3S/c1-9(2)8-12(13(17)15-3)16-20(18,19)11-6-4-10(14)5-7-11/h4-7,9,12,16H,8H2,1-3H3,(H,15,17)/t12-/m1/s1. The van der Waals surface area contributed by atoms with Crippen molar-refractivity contribution in [3.05, 3.63) is 30.1 Å². The van der Waals surface area contributed by atoms with Gasteiger partial charge in [0.1, 0.15) is 11.9 Å². The highest BCUT2D eigenvalue weighted by Crippen LogP contribution is 2.13. The Labute approximate surface area is 118 Å². The van der Waals surface area contributed by atoms with Crippen LogP contribution >= 0.6 is 0 Å². The molecule has 0 spiro atoms. The molecule has 2 N–H and O–H groups in total. The molecular formula is C13H19FN2O3S. The number of carbonyl (C=O) groups is 1. The fraction of sp³-hybridized carbons (Fsp3) is 0.462. The highest BCUT2D eigenvalue weighted by molar-refractivity contribution is 7.89. The van der Waals surface area contributed by atoms with Gasteiger partial charge in [-0.05, 0) is 36.6 Å². The zero-order valence-electron chi connectivity index (χ0n) is 11.7. The molecule has 0 aliphatic carbocycles. The number of sulfonamides is 1. The monoisotopic (exact) mass is 302 g/mol. The molecule has 7 heteroatoms. The summed E-state index contributed by atoms with van der Waals surface area (Å²) in [5.41, 5.74) is 0. The number of benzene rings is 1. The number of carbonyl (C=O) groups excluding carboxylic acids is 1. The van der Waals surface area contributed by atoms with Crippen LogP contribution in [-0.2, 0) is 14.8 Å². The largest absolute Gasteiger partial charge is 0.358 e. The summed E-state index contributed by atoms with van der Waals surface area (Å²) in [4.78, 5) is 11.6. The maximum Gasteiger partial charge on any atom is 0.241 e. The second-order valence-electron chi connectivity index (χ2n) is 4.87. The summed E-state index contributed by atoms with van der Waals surface area (Å²) in [5, 5.41) is 2.43. The van der Waals surface area contributed by atoms with E-state index in [0.717, 1.165) is 24.3 Å². The maximum atomic E-state index is 12.8. The van der Waals surface area contributed by atoms with E-state index in [1.54, 1.807) is 0 Å². The Kier molecular flexibility index (Phi) is 5.64. The molecule has 1 amide bonds. The van der Waals surface area contributed by atoms with Gasteiger partial charge in [0.15, 0.2) is 0 Å². The fourth-order valence-electron chi connectivity index (χ4n) is 1.72. The molecule has 1 aromatic rings. The van der Waals surface area contributed by atoms with Crippen molar-refractivity contribution in [2.24, 2.45) is 5.92 Å². The minimum absolute atomic E-state index is 0.0726. The SMILES string of the molecule is CNC(=O)[C@@H](CC(C)C)NS(=O)(=O)c1ccc(F)cc1. The van der Waals surface area contributed by atoms with Gasteiger partial charge in [-0.2, -0.15) is 4.72 Å². The normalized spacial score (nSPS) is 13.2. The molecule has 1 rings (SSSR count). The van der Waals surface area contributed by atoms with E-state index >= 15 is 0 Å². The molecule has 0 heterocycles. The Hall–Kier alpha value is -1.47. The van der Waals surface area contributed by atoms with Crippen molar-refractivity contribution in [2.45, 2.75) is 31.2 Å². The van der Waals surface area contributed by atoms with Crippen LogP contribution in [0.1, 0.15) is 20.3 Å². The molecule has 0 aliphatic heterocycles. The van der Waals surface area contributed by atoms with E-state index in [-0.39, 0.29) is 10.8 Å². The Morgan fingerprint density at radius 1 is 1.25 bits per heavy atom. The first-order valence-corrected chi connectivity index (χ1v) is 7.74. The van der Waals surface area contributed by atoms with Gasteiger partial charge < -0.3 is 5.32 Å². The molecular weight excluding hydrogens is 283 g/mol. The fourth-order valence-corrected chi connectivity index (χ4v) is 2.93. The average Bonchev–Trinajstić information content (AvgIpc) is 2.36. The first kappa shape index (κ1) is 16.6. The minimum atomic E-state index is -3.85. The molecule has 0 aliphatic rings. The van der Waals surface area contributed by atoms with Gasteiger partial charge >= 0.3 is 0 Å². The third kappa shape index (κ3) is 4.57. The molecule has 0 radical (unpaired) electrons. The highest BCUT2D eigenvalue weighted by Gasteiger charge is 2.25. The van der Waals surface area contributed by atoms with Gasteiger partial charge in [-0.3, -0.25) is 4.79 Å². The lowest BCUT2D eigenvalue weighted by molar-refractivity contribution is -0.122. The Morgan fingerprint density at radius 2 is 1.80 bits per heavy atom. The van der Waals surface area contributed by atoms with Crippen molar-refractivity contribution in [3.8, 4) is 0 Å². The van der Waals surface area contributed by atoms with E-state index < -0.39 is 27.8 Å². The lowest BCUT2D eigenvalue weighted by atomic mass is 10.0. The van der Waals surface area contributed by atoms with Gasteiger partial charge in [0.05, 0.1) is 4.90 Å². The Bertz CT molecular complexity index is 555. The first-order chi connectivity index (χ1) is 9.26. The Balaban J connectivity index is 2.96. The molecule has 20 heavy (non-hydrogen) atoms. The zero-order valence-corrected chi connectivity index (χ0v) is 12.5. The number of halogens is 1. The van der Waals surface area contributed by atoms with Crippen LogP contribution in [0.5, 0.6) is 0 Å². The van der Waals surface area contributed by atoms with Crippen molar-refractivity contribution in [1.82, 2.24) is 10.0 Å². The minimum Gasteiger partial charge on any atom is -0.358 e. The van der Waals surface area contributed by atoms with Gasteiger partial charge in [0, 0.05) is 7.05 Å². The predicted octanol–water partition coefficient (Wildman–Crippen LogP) is 1.26. The molecule has 1 atom stereocenters. The summed E-state index contributed by atoms with van der Waals surface area (Å²) in [5.74, 6) is -0.772. The van der Waals surface area contributed by atoms with Crippen molar-refractivity contribution in [3.63, 3.8) is 0 Å². The third-order valence-corrected chi connectivity index (χ3v) is 4.18. The summed E-state index contributed by atoms with van der Waals surface area (Å²) in [6.07, 6.45) is 0.375. The highest BCUT2D eigenvalue weighted by atomic mass is 32.2. The van der Waals surface area contributed by atoms with Crippen molar-refractivity contribution >= 4 is 15.9 Å². The van der Waals surface area contributed by atoms with Crippen LogP contribution < -0.4 is 10.0 Å². The predicted molar refractivity (Wildman–Crippen MR) is 74.0 cm³/mol. The topological polar surface area (TPSA) is 75.3 Å². The van der Waals surface area contributed by atoms with Crippen molar-refractivity contribution in [1.29, 1.82) is 0 Å². The molecule has 0 aromatic heterocycles. The van der Waals surface area contributed by atoms with Crippen molar-refractivity contribution < 1.29 is 17.6 Å². The van der Waals surface area contributed by atoms with Crippen molar-refractivity contribution in [2.75, 3.05) is 7.05 Å². The van der Waals surface area contributed by atoms with Crippen LogP contribution in [0.4, 0.5) is 4.39 Å². The second kappa shape index (κ2) is 6.81. The van der Waals surface area contributed by atoms with Gasteiger partial charge in [-0.1, -0.05) is 13.8 Å². The van der Waals surface area contributed by atoms with E-state index in [1.807, 2.05) is 13.8 Å². The van der Waals surface area contributed by atoms with E-state index in [0.29, 0.717) is 6.42 Å². The average molecular weight is 302 g/mol. The van der Waals surface area contributed by atoms with E-state index in [4.69, 9.17) is 0 Å². The van der Waals surface area contributed by atoms with Crippen LogP contribution in [0.25, 0.3) is 0 Å². The summed E-state index contributed by atoms with van der Waals surface area (Å²) in [6, 6.07) is 3.59. The van der Waals surface area contributed by atoms with Crippen LogP contribution in [0.15, 0.2) is 29.2 Å². The number of hydrogen-bond donors (Lipinski definition) is 2. The zero-order chi connectivity index (χ0) is 15.3. The van der Waals surface area contributed by atoms with Gasteiger partial charge in [0.25, 0.3) is 0 Å². The number of amides is 1. The number of hydrogen-bond acceptors (Lipinski definition) is 3. The molecule has 1 aromatic carbocycles. The smallest absolute Gasteiger partial charge is 0.241 e. The van der Waals surface area contributed by atoms with Crippen LogP contribution in [0, 0.1) is 11.7 Å². The van der Waals surface area contributed by atoms with Crippen LogP contribution in [-0.4, -0.2) is 27.4 Å². The number of nitrogens with one attached hydrogen (secondary N) is 2. The van der Waals surface area contributed by atoms with E-state index in [1.165, 1.54) is 7.05 Å². The summed E-state index contributed by atoms with van der Waals surface area (Å²) in [7, 11) is -2.41. The lowest BCUT2D eigenvalue weighted by Gasteiger charge is -2.19. The van der Waals surface area contributed by atoms with E-state index in [9.17, 15) is 17.6 Å². The summed E-state index contributed by atoms with van der Waals surface area (Å²) < 4.78 is 39.4. The summed E-state index contributed by atoms with van der Waals surface area (Å²) in [6.45, 7) is 3.78. The van der Waals surface area contributed by atoms with Crippen LogP contribution in [0.2, 0.25) is 0 Å². The Morgan fingerprint density at radius 3 is 2.25 bits per heavy atom. The second-order valence-corrected chi connectivity index (χ2v) is 6.59. The summed E-state index contributed by atoms with van der Waals surface area (Å²) >= 11 is 0. The van der Waals surface area contributed by atoms with E-state index in [2.05, 4.69) is 10.0 Å². The van der Waals surface area contributed by atoms with Gasteiger partial charge in [-0.25, -0.2) is 12.8 Å². The molecule has 0 fully saturated rings. The lowest BCUT2D eigenvalue weighted by Crippen LogP contribution is -2.46. The van der Waals surface area contributed by atoms with Gasteiger partial charge in [0.2, 0.25) is 15.9 Å². The maximum absolute atomic E-state index is 12.8. The quantitative estimate of drug-likeness (QED) is 0.831. The molecule has 0 saturated carbocycles. The molecule has 0 unspecified atom stereocenters. The molecule has 0 saturated heterocycles. The third-order valence-electron chi connectivity index (χ3n) is 2.69. The van der Waals surface area contributed by atoms with Crippen LogP contribution in [0.3, 0.4) is 0 Å². The molecule has 0 bridgehead atoms. The van der Waals surface area contributed by atoms with Gasteiger partial charge in [-0.15, -0.1) is 0 Å². The number of rotatable bonds is 6. The molecule has 112 valence electrons. The number of likely N-dealkylation sites (N-methyl/N-ethyl adjacent to an activating group) is 1. The molecule has 5 nitrogen and oxygen atoms in total. The first-order valence-electron chi connectivity index (χ1n) is 6.25.